The number of anilines is 1. The molecule has 1 N–H and O–H groups in total. The minimum atomic E-state index is -0.512. The Labute approximate surface area is 150 Å². The SMILES string of the molecule is N#Cc1ccc(NCC2(c3cccc(F)c3)CCOCC2)c([N+](=O)[O-])c1. The molecule has 26 heavy (non-hydrogen) atoms. The number of benzene rings is 2. The molecule has 0 saturated carbocycles. The lowest BCUT2D eigenvalue weighted by molar-refractivity contribution is -0.384. The van der Waals surface area contributed by atoms with E-state index in [9.17, 15) is 14.5 Å². The Kier molecular flexibility index (Phi) is 5.14. The topological polar surface area (TPSA) is 88.2 Å². The molecule has 1 aliphatic heterocycles. The Morgan fingerprint density at radius 2 is 2.04 bits per heavy atom. The molecule has 0 atom stereocenters. The molecule has 0 aliphatic carbocycles. The summed E-state index contributed by atoms with van der Waals surface area (Å²) in [6.45, 7) is 1.51. The third-order valence-electron chi connectivity index (χ3n) is 4.83. The minimum Gasteiger partial charge on any atom is -0.381 e. The van der Waals surface area contributed by atoms with Crippen molar-refractivity contribution in [2.45, 2.75) is 18.3 Å². The van der Waals surface area contributed by atoms with Crippen LogP contribution in [0.5, 0.6) is 0 Å². The number of rotatable bonds is 5. The van der Waals surface area contributed by atoms with E-state index >= 15 is 0 Å². The van der Waals surface area contributed by atoms with Crippen LogP contribution in [0.4, 0.5) is 15.8 Å². The first-order valence-electron chi connectivity index (χ1n) is 8.30. The van der Waals surface area contributed by atoms with Gasteiger partial charge in [0.05, 0.1) is 16.6 Å². The average Bonchev–Trinajstić information content (AvgIpc) is 2.67. The average molecular weight is 355 g/mol. The Balaban J connectivity index is 1.90. The highest BCUT2D eigenvalue weighted by atomic mass is 19.1. The first-order chi connectivity index (χ1) is 12.5. The van der Waals surface area contributed by atoms with Gasteiger partial charge >= 0.3 is 0 Å². The van der Waals surface area contributed by atoms with Crippen molar-refractivity contribution in [2.24, 2.45) is 0 Å². The van der Waals surface area contributed by atoms with Gasteiger partial charge in [-0.2, -0.15) is 5.26 Å². The fourth-order valence-electron chi connectivity index (χ4n) is 3.31. The Bertz CT molecular complexity index is 857. The molecule has 1 aliphatic rings. The molecule has 0 amide bonds. The van der Waals surface area contributed by atoms with Crippen LogP contribution in [0.25, 0.3) is 0 Å². The molecule has 1 saturated heterocycles. The van der Waals surface area contributed by atoms with Gasteiger partial charge in [0.15, 0.2) is 0 Å². The van der Waals surface area contributed by atoms with E-state index in [1.54, 1.807) is 6.07 Å². The highest BCUT2D eigenvalue weighted by molar-refractivity contribution is 5.64. The van der Waals surface area contributed by atoms with E-state index in [1.807, 2.05) is 12.1 Å². The molecule has 0 bridgehead atoms. The van der Waals surface area contributed by atoms with Gasteiger partial charge < -0.3 is 10.1 Å². The molecular formula is C19H18FN3O3. The molecular weight excluding hydrogens is 337 g/mol. The number of nitro groups is 1. The van der Waals surface area contributed by atoms with E-state index in [0.717, 1.165) is 5.56 Å². The number of hydrogen-bond acceptors (Lipinski definition) is 5. The van der Waals surface area contributed by atoms with Crippen molar-refractivity contribution in [1.82, 2.24) is 0 Å². The van der Waals surface area contributed by atoms with Crippen molar-refractivity contribution in [3.05, 3.63) is 69.5 Å². The highest BCUT2D eigenvalue weighted by Crippen LogP contribution is 2.36. The maximum absolute atomic E-state index is 13.7. The summed E-state index contributed by atoms with van der Waals surface area (Å²) in [6.07, 6.45) is 1.38. The Morgan fingerprint density at radius 3 is 2.69 bits per heavy atom. The monoisotopic (exact) mass is 355 g/mol. The predicted molar refractivity (Wildman–Crippen MR) is 94.4 cm³/mol. The molecule has 3 rings (SSSR count). The second-order valence-electron chi connectivity index (χ2n) is 6.36. The third kappa shape index (κ3) is 3.65. The van der Waals surface area contributed by atoms with Crippen molar-refractivity contribution >= 4 is 11.4 Å². The summed E-state index contributed by atoms with van der Waals surface area (Å²) in [5, 5.41) is 23.4. The second-order valence-corrected chi connectivity index (χ2v) is 6.36. The largest absolute Gasteiger partial charge is 0.381 e. The molecule has 134 valence electrons. The molecule has 0 unspecified atom stereocenters. The second kappa shape index (κ2) is 7.50. The Hall–Kier alpha value is -2.98. The molecule has 2 aromatic rings. The fraction of sp³-hybridized carbons (Fsp3) is 0.316. The minimum absolute atomic E-state index is 0.148. The zero-order valence-corrected chi connectivity index (χ0v) is 14.1. The lowest BCUT2D eigenvalue weighted by Gasteiger charge is -2.38. The lowest BCUT2D eigenvalue weighted by Crippen LogP contribution is -2.40. The van der Waals surface area contributed by atoms with Gasteiger partial charge in [-0.25, -0.2) is 4.39 Å². The summed E-state index contributed by atoms with van der Waals surface area (Å²) in [4.78, 5) is 10.8. The van der Waals surface area contributed by atoms with Crippen LogP contribution in [-0.2, 0) is 10.2 Å². The Morgan fingerprint density at radius 1 is 1.27 bits per heavy atom. The zero-order chi connectivity index (χ0) is 18.6. The van der Waals surface area contributed by atoms with Gasteiger partial charge in [-0.05, 0) is 42.7 Å². The third-order valence-corrected chi connectivity index (χ3v) is 4.83. The quantitative estimate of drug-likeness (QED) is 0.651. The van der Waals surface area contributed by atoms with Crippen molar-refractivity contribution in [3.8, 4) is 6.07 Å². The molecule has 7 heteroatoms. The van der Waals surface area contributed by atoms with Crippen molar-refractivity contribution in [2.75, 3.05) is 25.1 Å². The van der Waals surface area contributed by atoms with Gasteiger partial charge in [0.1, 0.15) is 11.5 Å². The molecule has 1 fully saturated rings. The van der Waals surface area contributed by atoms with E-state index in [2.05, 4.69) is 5.32 Å². The lowest BCUT2D eigenvalue weighted by atomic mass is 9.74. The number of nitro benzene ring substituents is 1. The predicted octanol–water partition coefficient (Wildman–Crippen LogP) is 3.77. The maximum atomic E-state index is 13.7. The van der Waals surface area contributed by atoms with Crippen LogP contribution < -0.4 is 5.32 Å². The first kappa shape index (κ1) is 17.8. The number of nitriles is 1. The number of hydrogen-bond donors (Lipinski definition) is 1. The molecule has 0 aromatic heterocycles. The molecule has 0 radical (unpaired) electrons. The van der Waals surface area contributed by atoms with Gasteiger partial charge in [0, 0.05) is 31.2 Å². The van der Waals surface area contributed by atoms with Gasteiger partial charge in [-0.1, -0.05) is 12.1 Å². The number of nitrogens with zero attached hydrogens (tertiary/aromatic N) is 2. The smallest absolute Gasteiger partial charge is 0.293 e. The number of nitrogens with one attached hydrogen (secondary N) is 1. The van der Waals surface area contributed by atoms with Gasteiger partial charge in [-0.15, -0.1) is 0 Å². The van der Waals surface area contributed by atoms with Crippen LogP contribution in [0, 0.1) is 27.3 Å². The van der Waals surface area contributed by atoms with Crippen LogP contribution in [-0.4, -0.2) is 24.7 Å². The fourth-order valence-corrected chi connectivity index (χ4v) is 3.31. The van der Waals surface area contributed by atoms with Crippen molar-refractivity contribution < 1.29 is 14.1 Å². The maximum Gasteiger partial charge on any atom is 0.293 e. The van der Waals surface area contributed by atoms with Crippen LogP contribution in [0.1, 0.15) is 24.0 Å². The van der Waals surface area contributed by atoms with E-state index in [4.69, 9.17) is 10.00 Å². The van der Waals surface area contributed by atoms with E-state index in [0.29, 0.717) is 38.3 Å². The summed E-state index contributed by atoms with van der Waals surface area (Å²) >= 11 is 0. The van der Waals surface area contributed by atoms with Gasteiger partial charge in [-0.3, -0.25) is 10.1 Å². The first-order valence-corrected chi connectivity index (χ1v) is 8.30. The standard InChI is InChI=1S/C19H18FN3O3/c20-16-3-1-2-15(11-16)19(6-8-26-9-7-19)13-22-17-5-4-14(12-21)10-18(17)23(24)25/h1-5,10-11,22H,6-9,13H2. The van der Waals surface area contributed by atoms with E-state index in [-0.39, 0.29) is 22.5 Å². The zero-order valence-electron chi connectivity index (χ0n) is 14.1. The number of ether oxygens (including phenoxy) is 1. The molecule has 1 heterocycles. The molecule has 0 spiro atoms. The van der Waals surface area contributed by atoms with Crippen LogP contribution in [0.3, 0.4) is 0 Å². The van der Waals surface area contributed by atoms with Crippen LogP contribution >= 0.6 is 0 Å². The summed E-state index contributed by atoms with van der Waals surface area (Å²) in [7, 11) is 0. The summed E-state index contributed by atoms with van der Waals surface area (Å²) in [6, 6.07) is 12.7. The van der Waals surface area contributed by atoms with Crippen LogP contribution in [0.15, 0.2) is 42.5 Å². The summed E-state index contributed by atoms with van der Waals surface area (Å²) in [5.41, 5.74) is 0.904. The summed E-state index contributed by atoms with van der Waals surface area (Å²) < 4.78 is 19.2. The van der Waals surface area contributed by atoms with Crippen LogP contribution in [0.2, 0.25) is 0 Å². The highest BCUT2D eigenvalue weighted by Gasteiger charge is 2.35. The number of halogens is 1. The normalized spacial score (nSPS) is 15.8. The van der Waals surface area contributed by atoms with E-state index in [1.165, 1.54) is 30.3 Å². The van der Waals surface area contributed by atoms with E-state index < -0.39 is 4.92 Å². The van der Waals surface area contributed by atoms with Gasteiger partial charge in [0.2, 0.25) is 0 Å². The van der Waals surface area contributed by atoms with Crippen molar-refractivity contribution in [3.63, 3.8) is 0 Å². The van der Waals surface area contributed by atoms with Crippen molar-refractivity contribution in [1.29, 1.82) is 5.26 Å². The van der Waals surface area contributed by atoms with Gasteiger partial charge in [0.25, 0.3) is 5.69 Å². The molecule has 2 aromatic carbocycles. The molecule has 6 nitrogen and oxygen atoms in total. The summed E-state index contributed by atoms with van der Waals surface area (Å²) in [5.74, 6) is -0.308.